The van der Waals surface area contributed by atoms with E-state index in [1.807, 2.05) is 48.7 Å². The Morgan fingerprint density at radius 2 is 1.93 bits per heavy atom. The summed E-state index contributed by atoms with van der Waals surface area (Å²) in [5, 5.41) is 8.57. The van der Waals surface area contributed by atoms with Gasteiger partial charge in [-0.05, 0) is 65.7 Å². The second-order valence-electron chi connectivity index (χ2n) is 6.79. The molecule has 0 amide bonds. The first-order valence-electron chi connectivity index (χ1n) is 9.11. The minimum absolute atomic E-state index is 0.446. The third-order valence-corrected chi connectivity index (χ3v) is 4.73. The van der Waals surface area contributed by atoms with Crippen LogP contribution in [-0.2, 0) is 6.54 Å². The molecule has 0 aliphatic carbocycles. The number of hydrogen-bond acceptors (Lipinski definition) is 2. The number of aromatic nitrogens is 1. The van der Waals surface area contributed by atoms with E-state index in [2.05, 4.69) is 52.5 Å². The van der Waals surface area contributed by atoms with Gasteiger partial charge in [0, 0.05) is 23.5 Å². The molecule has 0 aliphatic rings. The molecule has 1 heterocycles. The monoisotopic (exact) mass is 410 g/mol. The van der Waals surface area contributed by atoms with Crippen LogP contribution in [0.15, 0.2) is 72.0 Å². The maximum atomic E-state index is 6.07. The van der Waals surface area contributed by atoms with Crippen molar-refractivity contribution in [3.8, 4) is 0 Å². The number of rotatable bonds is 6. The summed E-state index contributed by atoms with van der Waals surface area (Å²) in [6, 6.07) is 20.1. The molecule has 0 saturated carbocycles. The molecule has 0 fully saturated rings. The van der Waals surface area contributed by atoms with Crippen LogP contribution in [0.4, 0.5) is 5.69 Å². The van der Waals surface area contributed by atoms with Crippen molar-refractivity contribution in [2.45, 2.75) is 26.3 Å². The van der Waals surface area contributed by atoms with Crippen LogP contribution >= 0.6 is 23.8 Å². The molecule has 0 unspecified atom stereocenters. The minimum Gasteiger partial charge on any atom is -0.342 e. The smallest absolute Gasteiger partial charge is 0.191 e. The predicted molar refractivity (Wildman–Crippen MR) is 122 cm³/mol. The molecule has 144 valence electrons. The number of nitrogens with zero attached hydrogens (tertiary/aromatic N) is 2. The van der Waals surface area contributed by atoms with Crippen LogP contribution < -0.4 is 10.7 Å². The number of halogens is 1. The average molecular weight is 411 g/mol. The Hall–Kier alpha value is -2.63. The number of hydrazone groups is 1. The van der Waals surface area contributed by atoms with E-state index in [4.69, 9.17) is 23.8 Å². The lowest BCUT2D eigenvalue weighted by molar-refractivity contribution is 0.799. The van der Waals surface area contributed by atoms with Gasteiger partial charge in [0.15, 0.2) is 5.11 Å². The second-order valence-corrected chi connectivity index (χ2v) is 7.64. The highest BCUT2D eigenvalue weighted by Gasteiger charge is 2.02. The molecular formula is C22H23ClN4S. The zero-order valence-electron chi connectivity index (χ0n) is 15.9. The summed E-state index contributed by atoms with van der Waals surface area (Å²) in [5.74, 6) is 0.506. The molecule has 2 aromatic carbocycles. The van der Waals surface area contributed by atoms with Crippen molar-refractivity contribution in [2.75, 3.05) is 5.32 Å². The number of nitrogens with one attached hydrogen (secondary N) is 2. The van der Waals surface area contributed by atoms with Crippen molar-refractivity contribution in [3.05, 3.63) is 88.7 Å². The van der Waals surface area contributed by atoms with Crippen molar-refractivity contribution >= 4 is 40.8 Å². The molecular weight excluding hydrogens is 388 g/mol. The predicted octanol–water partition coefficient (Wildman–Crippen LogP) is 5.63. The molecule has 3 aromatic rings. The highest BCUT2D eigenvalue weighted by Crippen LogP contribution is 2.17. The first kappa shape index (κ1) is 20.1. The third kappa shape index (κ3) is 5.68. The van der Waals surface area contributed by atoms with Gasteiger partial charge >= 0.3 is 0 Å². The second kappa shape index (κ2) is 9.53. The maximum Gasteiger partial charge on any atom is 0.191 e. The lowest BCUT2D eigenvalue weighted by atomic mass is 10.0. The summed E-state index contributed by atoms with van der Waals surface area (Å²) in [6.07, 6.45) is 3.76. The van der Waals surface area contributed by atoms with Gasteiger partial charge in [-0.25, -0.2) is 0 Å². The fraction of sp³-hybridized carbons (Fsp3) is 0.182. The Bertz CT molecular complexity index is 961. The van der Waals surface area contributed by atoms with Crippen LogP contribution in [0.2, 0.25) is 5.02 Å². The minimum atomic E-state index is 0.446. The molecule has 0 spiro atoms. The summed E-state index contributed by atoms with van der Waals surface area (Å²) >= 11 is 11.4. The summed E-state index contributed by atoms with van der Waals surface area (Å²) in [4.78, 5) is 0. The number of thiocarbonyl (C=S) groups is 1. The summed E-state index contributed by atoms with van der Waals surface area (Å²) in [5.41, 5.74) is 7.19. The maximum absolute atomic E-state index is 6.07. The van der Waals surface area contributed by atoms with Gasteiger partial charge < -0.3 is 9.88 Å². The van der Waals surface area contributed by atoms with Crippen molar-refractivity contribution in [1.82, 2.24) is 9.99 Å². The van der Waals surface area contributed by atoms with Crippen molar-refractivity contribution in [3.63, 3.8) is 0 Å². The molecule has 0 aliphatic heterocycles. The van der Waals surface area contributed by atoms with Crippen LogP contribution in [0.5, 0.6) is 0 Å². The Morgan fingerprint density at radius 1 is 1.14 bits per heavy atom. The topological polar surface area (TPSA) is 41.4 Å². The molecule has 0 bridgehead atoms. The van der Waals surface area contributed by atoms with E-state index in [0.29, 0.717) is 11.0 Å². The lowest BCUT2D eigenvalue weighted by Crippen LogP contribution is -2.24. The number of hydrogen-bond donors (Lipinski definition) is 2. The van der Waals surface area contributed by atoms with Gasteiger partial charge in [-0.3, -0.25) is 5.43 Å². The molecule has 4 nitrogen and oxygen atoms in total. The summed E-state index contributed by atoms with van der Waals surface area (Å²) in [6.45, 7) is 5.07. The SMILES string of the molecule is CC(C)c1ccc(NC(=S)N/N=C/c2cccn2Cc2cccc(Cl)c2)cc1. The lowest BCUT2D eigenvalue weighted by Gasteiger charge is -2.10. The number of benzene rings is 2. The van der Waals surface area contributed by atoms with Crippen molar-refractivity contribution < 1.29 is 0 Å². The van der Waals surface area contributed by atoms with E-state index < -0.39 is 0 Å². The van der Waals surface area contributed by atoms with E-state index >= 15 is 0 Å². The first-order chi connectivity index (χ1) is 13.5. The highest BCUT2D eigenvalue weighted by atomic mass is 35.5. The first-order valence-corrected chi connectivity index (χ1v) is 9.89. The zero-order chi connectivity index (χ0) is 19.9. The fourth-order valence-electron chi connectivity index (χ4n) is 2.79. The summed E-state index contributed by atoms with van der Waals surface area (Å²) < 4.78 is 2.10. The molecule has 28 heavy (non-hydrogen) atoms. The molecule has 0 radical (unpaired) electrons. The van der Waals surface area contributed by atoms with E-state index in [-0.39, 0.29) is 0 Å². The molecule has 1 aromatic heterocycles. The summed E-state index contributed by atoms with van der Waals surface area (Å²) in [7, 11) is 0. The average Bonchev–Trinajstić information content (AvgIpc) is 3.09. The van der Waals surface area contributed by atoms with Gasteiger partial charge in [-0.1, -0.05) is 49.7 Å². The highest BCUT2D eigenvalue weighted by molar-refractivity contribution is 7.80. The van der Waals surface area contributed by atoms with Gasteiger partial charge in [0.25, 0.3) is 0 Å². The Kier molecular flexibility index (Phi) is 6.85. The zero-order valence-corrected chi connectivity index (χ0v) is 17.5. The van der Waals surface area contributed by atoms with E-state index in [1.54, 1.807) is 6.21 Å². The molecule has 0 saturated heterocycles. The third-order valence-electron chi connectivity index (χ3n) is 4.30. The largest absolute Gasteiger partial charge is 0.342 e. The standard InChI is InChI=1S/C22H23ClN4S/c1-16(2)18-8-10-20(11-9-18)25-22(28)26-24-14-21-7-4-12-27(21)15-17-5-3-6-19(23)13-17/h3-14,16H,15H2,1-2H3,(H2,25,26,28)/b24-14+. The Balaban J connectivity index is 1.56. The van der Waals surface area contributed by atoms with Crippen molar-refractivity contribution in [1.29, 1.82) is 0 Å². The van der Waals surface area contributed by atoms with Gasteiger partial charge in [0.2, 0.25) is 0 Å². The van der Waals surface area contributed by atoms with Gasteiger partial charge in [0.05, 0.1) is 11.9 Å². The Morgan fingerprint density at radius 3 is 2.64 bits per heavy atom. The number of anilines is 1. The van der Waals surface area contributed by atoms with Gasteiger partial charge in [0.1, 0.15) is 0 Å². The molecule has 0 atom stereocenters. The van der Waals surface area contributed by atoms with Crippen LogP contribution in [-0.4, -0.2) is 15.9 Å². The fourth-order valence-corrected chi connectivity index (χ4v) is 3.17. The molecule has 3 rings (SSSR count). The van der Waals surface area contributed by atoms with Gasteiger partial charge in [-0.2, -0.15) is 5.10 Å². The molecule has 6 heteroatoms. The van der Waals surface area contributed by atoms with Crippen LogP contribution in [0.1, 0.15) is 36.6 Å². The van der Waals surface area contributed by atoms with Crippen LogP contribution in [0, 0.1) is 0 Å². The molecule has 2 N–H and O–H groups in total. The van der Waals surface area contributed by atoms with E-state index in [1.165, 1.54) is 5.56 Å². The van der Waals surface area contributed by atoms with Crippen molar-refractivity contribution in [2.24, 2.45) is 5.10 Å². The van der Waals surface area contributed by atoms with Gasteiger partial charge in [-0.15, -0.1) is 0 Å². The normalized spacial score (nSPS) is 11.1. The Labute approximate surface area is 176 Å². The van der Waals surface area contributed by atoms with Crippen LogP contribution in [0.3, 0.4) is 0 Å². The van der Waals surface area contributed by atoms with Crippen LogP contribution in [0.25, 0.3) is 0 Å². The quantitative estimate of drug-likeness (QED) is 0.314. The van der Waals surface area contributed by atoms with E-state index in [0.717, 1.165) is 28.5 Å². The van der Waals surface area contributed by atoms with E-state index in [9.17, 15) is 0 Å².